The average molecular weight is 519 g/mol. The van der Waals surface area contributed by atoms with E-state index in [2.05, 4.69) is 4.98 Å². The minimum atomic E-state index is -1.06. The van der Waals surface area contributed by atoms with Gasteiger partial charge in [0.2, 0.25) is 0 Å². The fraction of sp³-hybridized carbons (Fsp3) is 0.111. The van der Waals surface area contributed by atoms with E-state index in [1.807, 2.05) is 0 Å². The predicted octanol–water partition coefficient (Wildman–Crippen LogP) is 4.86. The van der Waals surface area contributed by atoms with E-state index in [1.54, 1.807) is 30.3 Å². The van der Waals surface area contributed by atoms with Gasteiger partial charge in [0.05, 0.1) is 41.6 Å². The lowest BCUT2D eigenvalue weighted by Gasteiger charge is -2.23. The molecule has 1 aliphatic rings. The number of thiazole rings is 1. The van der Waals surface area contributed by atoms with Crippen LogP contribution in [0.15, 0.2) is 72.3 Å². The standard InChI is InChI=1S/C27H19FN2O6S/c1-35-18-11-12-19-20(13-18)37-27(29-19)30-22(14-3-5-16(6-4-14)26(34)36-2)21(24(32)25(30)33)23(31)15-7-9-17(28)10-8-15/h3-13,22,31H,1-2H3/b23-21+. The monoisotopic (exact) mass is 518 g/mol. The summed E-state index contributed by atoms with van der Waals surface area (Å²) in [5.41, 5.74) is 1.31. The van der Waals surface area contributed by atoms with E-state index in [1.165, 1.54) is 54.7 Å². The van der Waals surface area contributed by atoms with Crippen LogP contribution in [0.1, 0.15) is 27.5 Å². The molecule has 1 atom stereocenters. The van der Waals surface area contributed by atoms with Gasteiger partial charge in [0.15, 0.2) is 5.13 Å². The number of benzene rings is 3. The van der Waals surface area contributed by atoms with E-state index in [0.29, 0.717) is 16.8 Å². The molecule has 0 radical (unpaired) electrons. The Labute approximate surface area is 214 Å². The Balaban J connectivity index is 1.70. The second-order valence-corrected chi connectivity index (χ2v) is 9.13. The minimum absolute atomic E-state index is 0.171. The number of ketones is 1. The smallest absolute Gasteiger partial charge is 0.337 e. The Bertz CT molecular complexity index is 1580. The van der Waals surface area contributed by atoms with Crippen molar-refractivity contribution in [2.45, 2.75) is 6.04 Å². The molecule has 1 unspecified atom stereocenters. The highest BCUT2D eigenvalue weighted by molar-refractivity contribution is 7.22. The second kappa shape index (κ2) is 9.47. The number of aliphatic hydroxyl groups excluding tert-OH is 1. The summed E-state index contributed by atoms with van der Waals surface area (Å²) >= 11 is 1.19. The summed E-state index contributed by atoms with van der Waals surface area (Å²) in [7, 11) is 2.80. The molecule has 1 saturated heterocycles. The zero-order valence-electron chi connectivity index (χ0n) is 19.6. The lowest BCUT2D eigenvalue weighted by Crippen LogP contribution is -2.29. The lowest BCUT2D eigenvalue weighted by atomic mass is 9.95. The Morgan fingerprint density at radius 2 is 1.68 bits per heavy atom. The molecule has 186 valence electrons. The van der Waals surface area contributed by atoms with Gasteiger partial charge in [-0.05, 0) is 60.2 Å². The molecular formula is C27H19FN2O6S. The van der Waals surface area contributed by atoms with E-state index >= 15 is 0 Å². The number of aliphatic hydroxyl groups is 1. The van der Waals surface area contributed by atoms with Crippen LogP contribution in [0.5, 0.6) is 5.75 Å². The van der Waals surface area contributed by atoms with Crippen LogP contribution in [0, 0.1) is 5.82 Å². The molecule has 8 nitrogen and oxygen atoms in total. The Hall–Kier alpha value is -4.57. The Morgan fingerprint density at radius 3 is 2.32 bits per heavy atom. The largest absolute Gasteiger partial charge is 0.507 e. The van der Waals surface area contributed by atoms with Crippen molar-refractivity contribution < 1.29 is 33.4 Å². The molecule has 1 fully saturated rings. The maximum Gasteiger partial charge on any atom is 0.337 e. The first-order valence-corrected chi connectivity index (χ1v) is 11.8. The topological polar surface area (TPSA) is 106 Å². The number of Topliss-reactive ketones (excluding diaryl/α,β-unsaturated/α-hetero) is 1. The number of carbonyl (C=O) groups is 3. The number of aromatic nitrogens is 1. The summed E-state index contributed by atoms with van der Waals surface area (Å²) < 4.78 is 24.2. The van der Waals surface area contributed by atoms with Gasteiger partial charge in [-0.3, -0.25) is 14.5 Å². The maximum atomic E-state index is 13.5. The summed E-state index contributed by atoms with van der Waals surface area (Å²) in [5, 5.41) is 11.4. The van der Waals surface area contributed by atoms with E-state index in [9.17, 15) is 23.9 Å². The van der Waals surface area contributed by atoms with Gasteiger partial charge in [-0.2, -0.15) is 0 Å². The van der Waals surface area contributed by atoms with Gasteiger partial charge in [-0.1, -0.05) is 23.5 Å². The van der Waals surface area contributed by atoms with Gasteiger partial charge in [-0.25, -0.2) is 14.2 Å². The molecule has 37 heavy (non-hydrogen) atoms. The summed E-state index contributed by atoms with van der Waals surface area (Å²) in [6.45, 7) is 0. The van der Waals surface area contributed by atoms with Gasteiger partial charge >= 0.3 is 11.9 Å². The zero-order valence-corrected chi connectivity index (χ0v) is 20.4. The Morgan fingerprint density at radius 1 is 1.00 bits per heavy atom. The summed E-state index contributed by atoms with van der Waals surface area (Å²) in [4.78, 5) is 44.4. The number of fused-ring (bicyclic) bond motifs is 1. The molecule has 1 amide bonds. The van der Waals surface area contributed by atoms with Crippen molar-refractivity contribution >= 4 is 50.1 Å². The van der Waals surface area contributed by atoms with Gasteiger partial charge in [0.25, 0.3) is 5.78 Å². The number of nitrogens with zero attached hydrogens (tertiary/aromatic N) is 2. The first-order valence-electron chi connectivity index (χ1n) is 11.0. The third-order valence-corrected chi connectivity index (χ3v) is 7.02. The predicted molar refractivity (Wildman–Crippen MR) is 135 cm³/mol. The van der Waals surface area contributed by atoms with Crippen LogP contribution in [-0.2, 0) is 14.3 Å². The van der Waals surface area contributed by atoms with Crippen molar-refractivity contribution in [3.05, 3.63) is 94.8 Å². The lowest BCUT2D eigenvalue weighted by molar-refractivity contribution is -0.132. The van der Waals surface area contributed by atoms with Crippen molar-refractivity contribution in [1.82, 2.24) is 4.98 Å². The van der Waals surface area contributed by atoms with E-state index in [0.717, 1.165) is 16.8 Å². The highest BCUT2D eigenvalue weighted by atomic mass is 32.1. The molecule has 1 aliphatic heterocycles. The summed E-state index contributed by atoms with van der Waals surface area (Å²) in [6.07, 6.45) is 0. The van der Waals surface area contributed by atoms with Crippen molar-refractivity contribution in [3.63, 3.8) is 0 Å². The third-order valence-electron chi connectivity index (χ3n) is 6.00. The third kappa shape index (κ3) is 4.21. The van der Waals surface area contributed by atoms with Gasteiger partial charge in [-0.15, -0.1) is 0 Å². The van der Waals surface area contributed by atoms with Crippen molar-refractivity contribution in [1.29, 1.82) is 0 Å². The van der Waals surface area contributed by atoms with Crippen molar-refractivity contribution in [2.75, 3.05) is 19.1 Å². The number of amides is 1. The van der Waals surface area contributed by atoms with Crippen molar-refractivity contribution in [2.24, 2.45) is 0 Å². The molecule has 10 heteroatoms. The quantitative estimate of drug-likeness (QED) is 0.174. The van der Waals surface area contributed by atoms with Crippen LogP contribution in [0.3, 0.4) is 0 Å². The minimum Gasteiger partial charge on any atom is -0.507 e. The van der Waals surface area contributed by atoms with Crippen LogP contribution in [0.2, 0.25) is 0 Å². The first-order chi connectivity index (χ1) is 17.8. The van der Waals surface area contributed by atoms with Crippen molar-refractivity contribution in [3.8, 4) is 5.75 Å². The van der Waals surface area contributed by atoms with Gasteiger partial charge in [0, 0.05) is 5.56 Å². The molecule has 2 heterocycles. The van der Waals surface area contributed by atoms with Crippen LogP contribution < -0.4 is 9.64 Å². The number of rotatable bonds is 5. The van der Waals surface area contributed by atoms with Crippen LogP contribution in [0.4, 0.5) is 9.52 Å². The fourth-order valence-electron chi connectivity index (χ4n) is 4.15. The van der Waals surface area contributed by atoms with Gasteiger partial charge < -0.3 is 14.6 Å². The number of hydrogen-bond acceptors (Lipinski definition) is 8. The molecule has 1 aromatic heterocycles. The molecule has 3 aromatic carbocycles. The van der Waals surface area contributed by atoms with E-state index in [-0.39, 0.29) is 21.8 Å². The number of methoxy groups -OCH3 is 2. The molecular weight excluding hydrogens is 499 g/mol. The highest BCUT2D eigenvalue weighted by Gasteiger charge is 2.48. The van der Waals surface area contributed by atoms with E-state index in [4.69, 9.17) is 9.47 Å². The zero-order chi connectivity index (χ0) is 26.3. The number of carbonyl (C=O) groups excluding carboxylic acids is 3. The first kappa shape index (κ1) is 24.1. The maximum absolute atomic E-state index is 13.5. The second-order valence-electron chi connectivity index (χ2n) is 8.12. The normalized spacial score (nSPS) is 16.8. The van der Waals surface area contributed by atoms with Crippen LogP contribution in [-0.4, -0.2) is 42.0 Å². The molecule has 0 spiro atoms. The average Bonchev–Trinajstić information content (AvgIpc) is 3.45. The van der Waals surface area contributed by atoms with Gasteiger partial charge in [0.1, 0.15) is 17.3 Å². The highest BCUT2D eigenvalue weighted by Crippen LogP contribution is 2.44. The number of hydrogen-bond donors (Lipinski definition) is 1. The molecule has 5 rings (SSSR count). The fourth-order valence-corrected chi connectivity index (χ4v) is 5.17. The molecule has 0 aliphatic carbocycles. The summed E-state index contributed by atoms with van der Waals surface area (Å²) in [5.74, 6) is -2.71. The Kier molecular flexibility index (Phi) is 6.18. The molecule has 1 N–H and O–H groups in total. The number of anilines is 1. The van der Waals surface area contributed by atoms with E-state index < -0.39 is 35.3 Å². The SMILES string of the molecule is COC(=O)c1ccc(C2/C(=C(\O)c3ccc(F)cc3)C(=O)C(=O)N2c2nc3ccc(OC)cc3s2)cc1. The number of halogens is 1. The molecule has 4 aromatic rings. The van der Waals surface area contributed by atoms with Crippen LogP contribution in [0.25, 0.3) is 16.0 Å². The molecule has 0 saturated carbocycles. The number of ether oxygens (including phenoxy) is 2. The number of esters is 1. The summed E-state index contributed by atoms with van der Waals surface area (Å²) in [6, 6.07) is 15.3. The molecule has 0 bridgehead atoms. The van der Waals surface area contributed by atoms with Crippen LogP contribution >= 0.6 is 11.3 Å².